The quantitative estimate of drug-likeness (QED) is 0.813. The zero-order valence-electron chi connectivity index (χ0n) is 9.87. The van der Waals surface area contributed by atoms with Gasteiger partial charge in [0.1, 0.15) is 16.5 Å². The highest BCUT2D eigenvalue weighted by atomic mass is 32.1. The molecule has 3 N–H and O–H groups in total. The molecule has 2 aromatic rings. The Bertz CT molecular complexity index is 526. The van der Waals surface area contributed by atoms with E-state index in [9.17, 15) is 0 Å². The van der Waals surface area contributed by atoms with Crippen LogP contribution in [0.3, 0.4) is 0 Å². The predicted molar refractivity (Wildman–Crippen MR) is 74.2 cm³/mol. The smallest absolute Gasteiger partial charge is 0.145 e. The van der Waals surface area contributed by atoms with Crippen LogP contribution in [0.1, 0.15) is 24.4 Å². The molecule has 2 heterocycles. The Morgan fingerprint density at radius 3 is 2.67 bits per heavy atom. The molecule has 92 valence electrons. The summed E-state index contributed by atoms with van der Waals surface area (Å²) in [7, 11) is 0. The highest BCUT2D eigenvalue weighted by Crippen LogP contribution is 2.14. The summed E-state index contributed by atoms with van der Waals surface area (Å²) in [6.45, 7) is 2.01. The average molecular weight is 259 g/mol. The zero-order valence-corrected chi connectivity index (χ0v) is 10.7. The average Bonchev–Trinajstić information content (AvgIpc) is 2.40. The van der Waals surface area contributed by atoms with Gasteiger partial charge >= 0.3 is 0 Å². The van der Waals surface area contributed by atoms with Crippen molar-refractivity contribution in [3.05, 3.63) is 48.2 Å². The van der Waals surface area contributed by atoms with E-state index in [1.54, 1.807) is 18.6 Å². The summed E-state index contributed by atoms with van der Waals surface area (Å²) in [5, 5.41) is 3.20. The van der Waals surface area contributed by atoms with Gasteiger partial charge in [0.25, 0.3) is 0 Å². The van der Waals surface area contributed by atoms with Gasteiger partial charge in [-0.2, -0.15) is 0 Å². The lowest BCUT2D eigenvalue weighted by molar-refractivity contribution is 0.829. The number of nitrogens with one attached hydrogen (secondary N) is 1. The molecule has 0 aliphatic carbocycles. The van der Waals surface area contributed by atoms with Crippen molar-refractivity contribution in [2.24, 2.45) is 5.73 Å². The lowest BCUT2D eigenvalue weighted by Crippen LogP contribution is -2.14. The summed E-state index contributed by atoms with van der Waals surface area (Å²) in [5.41, 5.74) is 6.91. The fraction of sp³-hybridized carbons (Fsp3) is 0.167. The zero-order chi connectivity index (χ0) is 13.0. The molecule has 0 saturated heterocycles. The number of nitrogens with two attached hydrogens (primary N) is 1. The molecular formula is C12H13N5S. The standard InChI is InChI=1S/C12H13N5S/c1-8(9-4-2-3-5-14-9)17-11-7-15-10(6-16-11)12(13)18/h2-8H,1H3,(H2,13,18)(H,16,17). The molecule has 0 aliphatic heterocycles. The van der Waals surface area contributed by atoms with Gasteiger partial charge in [-0.3, -0.25) is 4.98 Å². The number of rotatable bonds is 4. The Morgan fingerprint density at radius 1 is 1.28 bits per heavy atom. The molecule has 0 amide bonds. The van der Waals surface area contributed by atoms with Crippen molar-refractivity contribution < 1.29 is 0 Å². The SMILES string of the molecule is CC(Nc1cnc(C(N)=S)cn1)c1ccccn1. The molecule has 0 bridgehead atoms. The summed E-state index contributed by atoms with van der Waals surface area (Å²) < 4.78 is 0. The van der Waals surface area contributed by atoms with Crippen LogP contribution in [0.2, 0.25) is 0 Å². The summed E-state index contributed by atoms with van der Waals surface area (Å²) in [6, 6.07) is 5.83. The highest BCUT2D eigenvalue weighted by molar-refractivity contribution is 7.80. The van der Waals surface area contributed by atoms with E-state index in [2.05, 4.69) is 20.3 Å². The number of anilines is 1. The third-order valence-electron chi connectivity index (χ3n) is 2.40. The van der Waals surface area contributed by atoms with Gasteiger partial charge in [-0.1, -0.05) is 18.3 Å². The van der Waals surface area contributed by atoms with Crippen molar-refractivity contribution in [3.8, 4) is 0 Å². The summed E-state index contributed by atoms with van der Waals surface area (Å²) >= 11 is 4.81. The highest BCUT2D eigenvalue weighted by Gasteiger charge is 2.07. The van der Waals surface area contributed by atoms with E-state index in [4.69, 9.17) is 18.0 Å². The van der Waals surface area contributed by atoms with Crippen LogP contribution >= 0.6 is 12.2 Å². The molecule has 1 atom stereocenters. The first-order valence-electron chi connectivity index (χ1n) is 5.46. The third kappa shape index (κ3) is 2.98. The largest absolute Gasteiger partial charge is 0.388 e. The molecule has 0 fully saturated rings. The van der Waals surface area contributed by atoms with Crippen LogP contribution in [0, 0.1) is 0 Å². The van der Waals surface area contributed by atoms with E-state index < -0.39 is 0 Å². The first-order chi connectivity index (χ1) is 8.66. The second kappa shape index (κ2) is 5.50. The van der Waals surface area contributed by atoms with Gasteiger partial charge in [0.15, 0.2) is 0 Å². The number of thiocarbonyl (C=S) groups is 1. The normalized spacial score (nSPS) is 11.8. The number of hydrogen-bond donors (Lipinski definition) is 2. The fourth-order valence-corrected chi connectivity index (χ4v) is 1.56. The summed E-state index contributed by atoms with van der Waals surface area (Å²) in [6.07, 6.45) is 4.92. The number of nitrogens with zero attached hydrogens (tertiary/aromatic N) is 3. The Kier molecular flexibility index (Phi) is 3.78. The summed E-state index contributed by atoms with van der Waals surface area (Å²) in [4.78, 5) is 12.8. The van der Waals surface area contributed by atoms with Crippen LogP contribution < -0.4 is 11.1 Å². The number of aromatic nitrogens is 3. The molecule has 2 aromatic heterocycles. The van der Waals surface area contributed by atoms with Gasteiger partial charge in [0, 0.05) is 6.20 Å². The Morgan fingerprint density at radius 2 is 2.11 bits per heavy atom. The molecule has 5 nitrogen and oxygen atoms in total. The second-order valence-electron chi connectivity index (χ2n) is 3.77. The lowest BCUT2D eigenvalue weighted by atomic mass is 10.2. The lowest BCUT2D eigenvalue weighted by Gasteiger charge is -2.13. The van der Waals surface area contributed by atoms with Gasteiger partial charge in [-0.05, 0) is 19.1 Å². The molecule has 2 rings (SSSR count). The van der Waals surface area contributed by atoms with Crippen molar-refractivity contribution in [2.45, 2.75) is 13.0 Å². The van der Waals surface area contributed by atoms with Crippen LogP contribution in [0.15, 0.2) is 36.8 Å². The maximum absolute atomic E-state index is 5.45. The maximum atomic E-state index is 5.45. The number of hydrogen-bond acceptors (Lipinski definition) is 5. The van der Waals surface area contributed by atoms with Gasteiger partial charge in [-0.25, -0.2) is 9.97 Å². The molecule has 0 saturated carbocycles. The van der Waals surface area contributed by atoms with Crippen molar-refractivity contribution in [1.29, 1.82) is 0 Å². The molecule has 0 radical (unpaired) electrons. The molecule has 6 heteroatoms. The van der Waals surface area contributed by atoms with E-state index in [0.29, 0.717) is 11.5 Å². The Hall–Kier alpha value is -2.08. The number of pyridine rings is 1. The topological polar surface area (TPSA) is 76.7 Å². The molecule has 0 spiro atoms. The Balaban J connectivity index is 2.08. The van der Waals surface area contributed by atoms with E-state index in [1.807, 2.05) is 25.1 Å². The molecule has 0 aliphatic rings. The monoisotopic (exact) mass is 259 g/mol. The minimum atomic E-state index is 0.0520. The Labute approximate surface area is 110 Å². The van der Waals surface area contributed by atoms with E-state index >= 15 is 0 Å². The van der Waals surface area contributed by atoms with Crippen LogP contribution in [0.5, 0.6) is 0 Å². The minimum absolute atomic E-state index is 0.0520. The first kappa shape index (κ1) is 12.4. The van der Waals surface area contributed by atoms with Gasteiger partial charge in [-0.15, -0.1) is 0 Å². The second-order valence-corrected chi connectivity index (χ2v) is 4.21. The minimum Gasteiger partial charge on any atom is -0.388 e. The van der Waals surface area contributed by atoms with Crippen LogP contribution in [-0.2, 0) is 0 Å². The predicted octanol–water partition coefficient (Wildman–Crippen LogP) is 1.68. The maximum Gasteiger partial charge on any atom is 0.145 e. The van der Waals surface area contributed by atoms with Crippen LogP contribution in [0.4, 0.5) is 5.82 Å². The van der Waals surface area contributed by atoms with Crippen LogP contribution in [0.25, 0.3) is 0 Å². The molecule has 18 heavy (non-hydrogen) atoms. The van der Waals surface area contributed by atoms with Gasteiger partial charge in [0.2, 0.25) is 0 Å². The fourth-order valence-electron chi connectivity index (χ4n) is 1.46. The van der Waals surface area contributed by atoms with E-state index in [1.165, 1.54) is 0 Å². The van der Waals surface area contributed by atoms with Crippen molar-refractivity contribution in [2.75, 3.05) is 5.32 Å². The summed E-state index contributed by atoms with van der Waals surface area (Å²) in [5.74, 6) is 0.660. The third-order valence-corrected chi connectivity index (χ3v) is 2.61. The van der Waals surface area contributed by atoms with E-state index in [-0.39, 0.29) is 11.0 Å². The molecule has 1 unspecified atom stereocenters. The first-order valence-corrected chi connectivity index (χ1v) is 5.87. The van der Waals surface area contributed by atoms with Crippen molar-refractivity contribution in [3.63, 3.8) is 0 Å². The van der Waals surface area contributed by atoms with Crippen molar-refractivity contribution in [1.82, 2.24) is 15.0 Å². The van der Waals surface area contributed by atoms with Gasteiger partial charge in [0.05, 0.1) is 24.1 Å². The molecule has 0 aromatic carbocycles. The van der Waals surface area contributed by atoms with E-state index in [0.717, 1.165) is 5.69 Å². The van der Waals surface area contributed by atoms with Gasteiger partial charge < -0.3 is 11.1 Å². The van der Waals surface area contributed by atoms with Crippen molar-refractivity contribution >= 4 is 23.0 Å². The molecular weight excluding hydrogens is 246 g/mol. The van der Waals surface area contributed by atoms with Crippen LogP contribution in [-0.4, -0.2) is 19.9 Å².